The molecule has 1 aliphatic carbocycles. The maximum absolute atomic E-state index is 10.6. The normalized spacial score (nSPS) is 48.9. The van der Waals surface area contributed by atoms with Crippen LogP contribution in [-0.4, -0.2) is 66.6 Å². The third-order valence-corrected chi connectivity index (χ3v) is 2.45. The highest BCUT2D eigenvalue weighted by molar-refractivity contribution is 5.78. The fraction of sp³-hybridized carbons (Fsp3) is 0.857. The van der Waals surface area contributed by atoms with E-state index in [0.29, 0.717) is 0 Å². The van der Waals surface area contributed by atoms with Gasteiger partial charge in [-0.1, -0.05) is 0 Å². The number of carboxylic acid groups (broad SMARTS) is 1. The maximum Gasteiger partial charge on any atom is 0.338 e. The van der Waals surface area contributed by atoms with Crippen LogP contribution in [0, 0.1) is 0 Å². The standard InChI is InChI=1S/C7H12O7/c8-2-1-7(14,6(12)13)5(11)4(10)3(2)9/h2-5,8-11,14H,1H2,(H,12,13)/t2-,3?,4-,5?,7?/m1/s1. The molecule has 0 heterocycles. The summed E-state index contributed by atoms with van der Waals surface area (Å²) in [6.07, 6.45) is -7.90. The van der Waals surface area contributed by atoms with E-state index < -0.39 is 42.4 Å². The number of hydrogen-bond donors (Lipinski definition) is 6. The highest BCUT2D eigenvalue weighted by atomic mass is 16.4. The van der Waals surface area contributed by atoms with Crippen LogP contribution in [0.15, 0.2) is 0 Å². The van der Waals surface area contributed by atoms with E-state index in [1.54, 1.807) is 0 Å². The second kappa shape index (κ2) is 3.44. The minimum atomic E-state index is -2.63. The zero-order chi connectivity index (χ0) is 11.1. The molecule has 7 nitrogen and oxygen atoms in total. The molecule has 1 saturated carbocycles. The third kappa shape index (κ3) is 1.49. The fourth-order valence-corrected chi connectivity index (χ4v) is 1.47. The number of carbonyl (C=O) groups is 1. The topological polar surface area (TPSA) is 138 Å². The Labute approximate surface area is 78.8 Å². The van der Waals surface area contributed by atoms with Gasteiger partial charge in [0.2, 0.25) is 0 Å². The van der Waals surface area contributed by atoms with Gasteiger partial charge in [0.05, 0.1) is 6.10 Å². The van der Waals surface area contributed by atoms with Gasteiger partial charge in [-0.25, -0.2) is 4.79 Å². The van der Waals surface area contributed by atoms with Gasteiger partial charge < -0.3 is 30.6 Å². The molecule has 1 rings (SSSR count). The average molecular weight is 208 g/mol. The fourth-order valence-electron chi connectivity index (χ4n) is 1.47. The summed E-state index contributed by atoms with van der Waals surface area (Å²) in [4.78, 5) is 10.6. The third-order valence-electron chi connectivity index (χ3n) is 2.45. The Morgan fingerprint density at radius 3 is 2.07 bits per heavy atom. The molecule has 0 spiro atoms. The highest BCUT2D eigenvalue weighted by Crippen LogP contribution is 2.29. The molecule has 7 heteroatoms. The Kier molecular flexibility index (Phi) is 2.79. The molecule has 0 bridgehead atoms. The summed E-state index contributed by atoms with van der Waals surface area (Å²) < 4.78 is 0. The first kappa shape index (κ1) is 11.3. The number of aliphatic hydroxyl groups is 5. The van der Waals surface area contributed by atoms with E-state index in [-0.39, 0.29) is 0 Å². The Bertz CT molecular complexity index is 242. The first-order valence-corrected chi connectivity index (χ1v) is 3.98. The molecule has 0 aromatic carbocycles. The number of rotatable bonds is 1. The molecule has 3 unspecified atom stereocenters. The van der Waals surface area contributed by atoms with Crippen LogP contribution in [0.2, 0.25) is 0 Å². The Hall–Kier alpha value is -0.730. The van der Waals surface area contributed by atoms with E-state index >= 15 is 0 Å². The predicted octanol–water partition coefficient (Wildman–Crippen LogP) is -3.35. The molecule has 14 heavy (non-hydrogen) atoms. The lowest BCUT2D eigenvalue weighted by Gasteiger charge is -2.41. The van der Waals surface area contributed by atoms with Gasteiger partial charge in [-0.05, 0) is 0 Å². The summed E-state index contributed by atoms with van der Waals surface area (Å²) in [6, 6.07) is 0. The van der Waals surface area contributed by atoms with E-state index in [1.807, 2.05) is 0 Å². The lowest BCUT2D eigenvalue weighted by molar-refractivity contribution is -0.227. The van der Waals surface area contributed by atoms with Gasteiger partial charge in [0.1, 0.15) is 18.3 Å². The second-order valence-electron chi connectivity index (χ2n) is 3.43. The van der Waals surface area contributed by atoms with Crippen molar-refractivity contribution in [3.8, 4) is 0 Å². The van der Waals surface area contributed by atoms with E-state index in [2.05, 4.69) is 0 Å². The van der Waals surface area contributed by atoms with Crippen LogP contribution >= 0.6 is 0 Å². The molecule has 0 aromatic rings. The van der Waals surface area contributed by atoms with Gasteiger partial charge in [0.15, 0.2) is 5.60 Å². The van der Waals surface area contributed by atoms with Gasteiger partial charge >= 0.3 is 5.97 Å². The minimum Gasteiger partial charge on any atom is -0.479 e. The van der Waals surface area contributed by atoms with Crippen LogP contribution in [0.3, 0.4) is 0 Å². The van der Waals surface area contributed by atoms with Crippen molar-refractivity contribution in [2.75, 3.05) is 0 Å². The number of carboxylic acids is 1. The molecular formula is C7H12O7. The lowest BCUT2D eigenvalue weighted by atomic mass is 9.77. The number of aliphatic carboxylic acids is 1. The molecule has 0 radical (unpaired) electrons. The van der Waals surface area contributed by atoms with Crippen molar-refractivity contribution in [3.05, 3.63) is 0 Å². The van der Waals surface area contributed by atoms with Crippen molar-refractivity contribution < 1.29 is 35.4 Å². The first-order valence-electron chi connectivity index (χ1n) is 3.98. The highest BCUT2D eigenvalue weighted by Gasteiger charge is 2.55. The van der Waals surface area contributed by atoms with Crippen LogP contribution in [0.1, 0.15) is 6.42 Å². The van der Waals surface area contributed by atoms with Crippen molar-refractivity contribution in [1.82, 2.24) is 0 Å². The average Bonchev–Trinajstić information content (AvgIpc) is 2.11. The van der Waals surface area contributed by atoms with Crippen LogP contribution in [0.25, 0.3) is 0 Å². The summed E-state index contributed by atoms with van der Waals surface area (Å²) in [5.74, 6) is -1.75. The predicted molar refractivity (Wildman–Crippen MR) is 41.2 cm³/mol. The second-order valence-corrected chi connectivity index (χ2v) is 3.43. The zero-order valence-corrected chi connectivity index (χ0v) is 7.11. The van der Waals surface area contributed by atoms with Crippen molar-refractivity contribution in [2.24, 2.45) is 0 Å². The number of hydrogen-bond acceptors (Lipinski definition) is 6. The summed E-state index contributed by atoms with van der Waals surface area (Å²) in [5.41, 5.74) is -2.63. The Balaban J connectivity index is 2.96. The molecule has 0 aromatic heterocycles. The molecule has 6 N–H and O–H groups in total. The van der Waals surface area contributed by atoms with Crippen molar-refractivity contribution >= 4 is 5.97 Å². The van der Waals surface area contributed by atoms with Gasteiger partial charge in [-0.15, -0.1) is 0 Å². The zero-order valence-electron chi connectivity index (χ0n) is 7.11. The van der Waals surface area contributed by atoms with E-state index in [9.17, 15) is 15.0 Å². The van der Waals surface area contributed by atoms with Gasteiger partial charge in [-0.2, -0.15) is 0 Å². The number of aliphatic hydroxyl groups excluding tert-OH is 4. The molecular weight excluding hydrogens is 196 g/mol. The maximum atomic E-state index is 10.6. The summed E-state index contributed by atoms with van der Waals surface area (Å²) in [7, 11) is 0. The molecule has 5 atom stereocenters. The van der Waals surface area contributed by atoms with Crippen molar-refractivity contribution in [2.45, 2.75) is 36.4 Å². The van der Waals surface area contributed by atoms with Crippen molar-refractivity contribution in [3.63, 3.8) is 0 Å². The molecule has 1 aliphatic rings. The van der Waals surface area contributed by atoms with Crippen LogP contribution in [0.4, 0.5) is 0 Å². The summed E-state index contributed by atoms with van der Waals surface area (Å²) in [6.45, 7) is 0. The summed E-state index contributed by atoms with van der Waals surface area (Å²) >= 11 is 0. The SMILES string of the molecule is O=C(O)C1(O)C[C@@H](O)C(O)[C@@H](O)C1O. The van der Waals surface area contributed by atoms with Gasteiger partial charge in [-0.3, -0.25) is 0 Å². The lowest BCUT2D eigenvalue weighted by Crippen LogP contribution is -2.65. The quantitative estimate of drug-likeness (QED) is 0.264. The Morgan fingerprint density at radius 1 is 1.14 bits per heavy atom. The van der Waals surface area contributed by atoms with Crippen LogP contribution < -0.4 is 0 Å². The largest absolute Gasteiger partial charge is 0.479 e. The van der Waals surface area contributed by atoms with E-state index in [0.717, 1.165) is 0 Å². The monoisotopic (exact) mass is 208 g/mol. The van der Waals surface area contributed by atoms with Crippen LogP contribution in [-0.2, 0) is 4.79 Å². The van der Waals surface area contributed by atoms with Crippen molar-refractivity contribution in [1.29, 1.82) is 0 Å². The Morgan fingerprint density at radius 2 is 1.64 bits per heavy atom. The van der Waals surface area contributed by atoms with Crippen LogP contribution in [0.5, 0.6) is 0 Å². The molecule has 0 amide bonds. The molecule has 0 aliphatic heterocycles. The van der Waals surface area contributed by atoms with Gasteiger partial charge in [0.25, 0.3) is 0 Å². The summed E-state index contributed by atoms with van der Waals surface area (Å²) in [5, 5.41) is 54.5. The first-order chi connectivity index (χ1) is 6.30. The molecule has 1 fully saturated rings. The smallest absolute Gasteiger partial charge is 0.338 e. The molecule has 0 saturated heterocycles. The van der Waals surface area contributed by atoms with E-state index in [1.165, 1.54) is 0 Å². The van der Waals surface area contributed by atoms with E-state index in [4.69, 9.17) is 20.4 Å². The molecule has 82 valence electrons. The van der Waals surface area contributed by atoms with Gasteiger partial charge in [0, 0.05) is 6.42 Å². The minimum absolute atomic E-state index is 0.734.